The molecule has 2 amide bonds. The van der Waals surface area contributed by atoms with Gasteiger partial charge in [-0.3, -0.25) is 9.59 Å². The molecule has 1 rings (SSSR count). The zero-order valence-electron chi connectivity index (χ0n) is 10.7. The fraction of sp³-hybridized carbons (Fsp3) is 0.818. The average Bonchev–Trinajstić information content (AvgIpc) is 2.30. The molecule has 1 N–H and O–H groups in total. The number of carbonyl (C=O) groups is 2. The molecule has 0 aromatic heterocycles. The topological polar surface area (TPSA) is 61.9 Å². The molecule has 1 fully saturated rings. The fourth-order valence-electron chi connectivity index (χ4n) is 1.88. The lowest BCUT2D eigenvalue weighted by atomic mass is 10.2. The van der Waals surface area contributed by atoms with Crippen molar-refractivity contribution in [3.63, 3.8) is 0 Å². The van der Waals surface area contributed by atoms with E-state index in [4.69, 9.17) is 4.74 Å². The Hall–Kier alpha value is -1.14. The van der Waals surface area contributed by atoms with Gasteiger partial charge < -0.3 is 19.9 Å². The summed E-state index contributed by atoms with van der Waals surface area (Å²) in [6, 6.07) is 0.0742. The van der Waals surface area contributed by atoms with Gasteiger partial charge in [0.1, 0.15) is 0 Å². The van der Waals surface area contributed by atoms with Crippen molar-refractivity contribution >= 4 is 11.8 Å². The Bertz CT molecular complexity index is 277. The Morgan fingerprint density at radius 3 is 2.65 bits per heavy atom. The number of rotatable bonds is 6. The highest BCUT2D eigenvalue weighted by Crippen LogP contribution is 2.04. The molecule has 6 heteroatoms. The lowest BCUT2D eigenvalue weighted by Crippen LogP contribution is -2.56. The Kier molecular flexibility index (Phi) is 5.37. The van der Waals surface area contributed by atoms with Gasteiger partial charge in [0.2, 0.25) is 0 Å². The van der Waals surface area contributed by atoms with E-state index in [-0.39, 0.29) is 6.04 Å². The van der Waals surface area contributed by atoms with Crippen LogP contribution in [-0.2, 0) is 14.3 Å². The minimum Gasteiger partial charge on any atom is -0.383 e. The van der Waals surface area contributed by atoms with E-state index in [1.165, 1.54) is 4.90 Å². The van der Waals surface area contributed by atoms with Gasteiger partial charge in [0.25, 0.3) is 0 Å². The molecule has 0 aliphatic carbocycles. The van der Waals surface area contributed by atoms with Crippen molar-refractivity contribution in [1.82, 2.24) is 15.1 Å². The van der Waals surface area contributed by atoms with Gasteiger partial charge in [0.05, 0.1) is 6.61 Å². The number of carbonyl (C=O) groups excluding carboxylic acids is 2. The fourth-order valence-corrected chi connectivity index (χ4v) is 1.88. The third kappa shape index (κ3) is 3.67. The maximum atomic E-state index is 11.7. The van der Waals surface area contributed by atoms with Crippen molar-refractivity contribution < 1.29 is 14.3 Å². The first-order valence-corrected chi connectivity index (χ1v) is 5.86. The first-order valence-electron chi connectivity index (χ1n) is 5.86. The number of nitrogens with one attached hydrogen (secondary N) is 1. The molecule has 6 nitrogen and oxygen atoms in total. The molecular weight excluding hydrogens is 222 g/mol. The highest BCUT2D eigenvalue weighted by atomic mass is 16.5. The number of ether oxygens (including phenoxy) is 1. The molecule has 0 aromatic rings. The maximum Gasteiger partial charge on any atom is 0.312 e. The molecule has 1 unspecified atom stereocenters. The van der Waals surface area contributed by atoms with Crippen LogP contribution in [0.3, 0.4) is 0 Å². The number of methoxy groups -OCH3 is 1. The summed E-state index contributed by atoms with van der Waals surface area (Å²) >= 11 is 0. The second-order valence-corrected chi connectivity index (χ2v) is 4.19. The van der Waals surface area contributed by atoms with Gasteiger partial charge in [-0.2, -0.15) is 0 Å². The molecule has 1 saturated heterocycles. The van der Waals surface area contributed by atoms with E-state index in [1.54, 1.807) is 19.1 Å². The van der Waals surface area contributed by atoms with Gasteiger partial charge >= 0.3 is 11.8 Å². The zero-order valence-corrected chi connectivity index (χ0v) is 10.7. The molecule has 0 saturated carbocycles. The van der Waals surface area contributed by atoms with E-state index < -0.39 is 11.8 Å². The van der Waals surface area contributed by atoms with Crippen molar-refractivity contribution in [2.45, 2.75) is 13.0 Å². The van der Waals surface area contributed by atoms with Gasteiger partial charge in [-0.15, -0.1) is 0 Å². The summed E-state index contributed by atoms with van der Waals surface area (Å²) in [5.41, 5.74) is 0. The van der Waals surface area contributed by atoms with E-state index in [9.17, 15) is 9.59 Å². The Labute approximate surface area is 102 Å². The van der Waals surface area contributed by atoms with E-state index in [2.05, 4.69) is 5.32 Å². The maximum absolute atomic E-state index is 11.7. The lowest BCUT2D eigenvalue weighted by molar-refractivity contribution is -0.155. The molecule has 1 heterocycles. The second-order valence-electron chi connectivity index (χ2n) is 4.19. The van der Waals surface area contributed by atoms with Crippen molar-refractivity contribution in [2.24, 2.45) is 0 Å². The van der Waals surface area contributed by atoms with Crippen LogP contribution < -0.4 is 5.32 Å². The number of hydrogen-bond acceptors (Lipinski definition) is 4. The minimum absolute atomic E-state index is 0.0742. The lowest BCUT2D eigenvalue weighted by Gasteiger charge is -2.33. The van der Waals surface area contributed by atoms with E-state index in [1.807, 2.05) is 6.92 Å². The Morgan fingerprint density at radius 2 is 2.06 bits per heavy atom. The predicted molar refractivity (Wildman–Crippen MR) is 63.6 cm³/mol. The normalized spacial score (nSPS) is 18.8. The summed E-state index contributed by atoms with van der Waals surface area (Å²) < 4.78 is 5.09. The van der Waals surface area contributed by atoms with Crippen LogP contribution in [-0.4, -0.2) is 74.6 Å². The third-order valence-corrected chi connectivity index (χ3v) is 2.82. The summed E-state index contributed by atoms with van der Waals surface area (Å²) in [7, 11) is 3.27. The molecule has 0 aromatic carbocycles. The van der Waals surface area contributed by atoms with Crippen molar-refractivity contribution in [1.29, 1.82) is 0 Å². The van der Waals surface area contributed by atoms with Crippen molar-refractivity contribution in [3.8, 4) is 0 Å². The zero-order chi connectivity index (χ0) is 12.8. The molecule has 0 spiro atoms. The van der Waals surface area contributed by atoms with Crippen molar-refractivity contribution in [3.05, 3.63) is 0 Å². The number of hydrogen-bond donors (Lipinski definition) is 1. The summed E-state index contributed by atoms with van der Waals surface area (Å²) in [4.78, 5) is 26.3. The quantitative estimate of drug-likeness (QED) is 0.602. The highest BCUT2D eigenvalue weighted by molar-refractivity contribution is 6.35. The molecule has 17 heavy (non-hydrogen) atoms. The van der Waals surface area contributed by atoms with Crippen LogP contribution in [0.15, 0.2) is 0 Å². The second kappa shape index (κ2) is 6.56. The smallest absolute Gasteiger partial charge is 0.312 e. The summed E-state index contributed by atoms with van der Waals surface area (Å²) in [5.74, 6) is -0.846. The van der Waals surface area contributed by atoms with Crippen LogP contribution in [0.1, 0.15) is 6.92 Å². The largest absolute Gasteiger partial charge is 0.383 e. The van der Waals surface area contributed by atoms with Gasteiger partial charge in [-0.25, -0.2) is 0 Å². The molecule has 1 atom stereocenters. The molecular formula is C11H21N3O3. The van der Waals surface area contributed by atoms with Gasteiger partial charge in [-0.1, -0.05) is 6.92 Å². The molecule has 98 valence electrons. The van der Waals surface area contributed by atoms with Crippen LogP contribution in [0.4, 0.5) is 0 Å². The SMILES string of the molecule is CCNC(COC)CN1CCN(C)C(=O)C1=O. The van der Waals surface area contributed by atoms with Crippen LogP contribution in [0.25, 0.3) is 0 Å². The minimum atomic E-state index is -0.427. The average molecular weight is 243 g/mol. The first-order chi connectivity index (χ1) is 8.10. The molecule has 0 radical (unpaired) electrons. The monoisotopic (exact) mass is 243 g/mol. The summed E-state index contributed by atoms with van der Waals surface area (Å²) in [5, 5.41) is 3.23. The number of likely N-dealkylation sites (N-methyl/N-ethyl adjacent to an activating group) is 2. The van der Waals surface area contributed by atoms with E-state index in [0.29, 0.717) is 26.2 Å². The van der Waals surface area contributed by atoms with Crippen molar-refractivity contribution in [2.75, 3.05) is 46.9 Å². The Morgan fingerprint density at radius 1 is 1.35 bits per heavy atom. The first kappa shape index (κ1) is 13.9. The van der Waals surface area contributed by atoms with Crippen LogP contribution in [0.5, 0.6) is 0 Å². The van der Waals surface area contributed by atoms with Crippen LogP contribution in [0, 0.1) is 0 Å². The Balaban J connectivity index is 2.54. The van der Waals surface area contributed by atoms with E-state index in [0.717, 1.165) is 6.54 Å². The molecule has 1 aliphatic rings. The molecule has 1 aliphatic heterocycles. The van der Waals surface area contributed by atoms with Crippen LogP contribution in [0.2, 0.25) is 0 Å². The van der Waals surface area contributed by atoms with Gasteiger partial charge in [0.15, 0.2) is 0 Å². The highest BCUT2D eigenvalue weighted by Gasteiger charge is 2.31. The number of nitrogens with zero attached hydrogens (tertiary/aromatic N) is 2. The third-order valence-electron chi connectivity index (χ3n) is 2.82. The number of piperazine rings is 1. The van der Waals surface area contributed by atoms with Gasteiger partial charge in [-0.05, 0) is 6.54 Å². The number of amides is 2. The van der Waals surface area contributed by atoms with E-state index >= 15 is 0 Å². The summed E-state index contributed by atoms with van der Waals surface area (Å²) in [6.07, 6.45) is 0. The van der Waals surface area contributed by atoms with Crippen LogP contribution >= 0.6 is 0 Å². The standard InChI is InChI=1S/C11H21N3O3/c1-4-12-9(8-17-3)7-14-6-5-13(2)10(15)11(14)16/h9,12H,4-8H2,1-3H3. The molecule has 0 bridgehead atoms. The van der Waals surface area contributed by atoms with Gasteiger partial charge in [0, 0.05) is 39.8 Å². The summed E-state index contributed by atoms with van der Waals surface area (Å²) in [6.45, 7) is 5.04. The predicted octanol–water partition coefficient (Wildman–Crippen LogP) is -1.09.